The summed E-state index contributed by atoms with van der Waals surface area (Å²) in [6, 6.07) is 9.52. The summed E-state index contributed by atoms with van der Waals surface area (Å²) in [7, 11) is 0. The molecule has 0 unspecified atom stereocenters. The second-order valence-electron chi connectivity index (χ2n) is 3.83. The zero-order valence-corrected chi connectivity index (χ0v) is 11.5. The maximum atomic E-state index is 12.7. The number of rotatable bonds is 2. The Morgan fingerprint density at radius 3 is 2.50 bits per heavy atom. The molecule has 0 fully saturated rings. The molecule has 0 amide bonds. The average molecular weight is 342 g/mol. The topological polar surface area (TPSA) is 48.7 Å². The molecule has 20 heavy (non-hydrogen) atoms. The molecule has 1 aromatic heterocycles. The molecule has 0 spiro atoms. The first-order chi connectivity index (χ1) is 9.41. The Kier molecular flexibility index (Phi) is 3.95. The lowest BCUT2D eigenvalue weighted by molar-refractivity contribution is -0.137. The van der Waals surface area contributed by atoms with E-state index in [-0.39, 0.29) is 11.4 Å². The van der Waals surface area contributed by atoms with Crippen LogP contribution in [0, 0.1) is 11.3 Å². The minimum atomic E-state index is -4.51. The monoisotopic (exact) mass is 341 g/mol. The summed E-state index contributed by atoms with van der Waals surface area (Å²) in [6.07, 6.45) is -3.87. The van der Waals surface area contributed by atoms with Crippen LogP contribution in [0.2, 0.25) is 0 Å². The molecule has 0 saturated carbocycles. The Morgan fingerprint density at radius 2 is 1.90 bits per heavy atom. The number of pyridine rings is 1. The van der Waals surface area contributed by atoms with E-state index >= 15 is 0 Å². The van der Waals surface area contributed by atoms with E-state index in [0.29, 0.717) is 16.4 Å². The van der Waals surface area contributed by atoms with E-state index in [4.69, 9.17) is 5.26 Å². The number of benzene rings is 1. The highest BCUT2D eigenvalue weighted by Crippen LogP contribution is 2.33. The van der Waals surface area contributed by atoms with Crippen molar-refractivity contribution in [3.05, 3.63) is 52.3 Å². The summed E-state index contributed by atoms with van der Waals surface area (Å²) in [5, 5.41) is 11.7. The van der Waals surface area contributed by atoms with Gasteiger partial charge in [0.25, 0.3) is 0 Å². The van der Waals surface area contributed by atoms with Gasteiger partial charge in [-0.3, -0.25) is 0 Å². The summed E-state index contributed by atoms with van der Waals surface area (Å²) in [6.45, 7) is 0. The molecule has 102 valence electrons. The fraction of sp³-hybridized carbons (Fsp3) is 0.0769. The number of hydrogen-bond donors (Lipinski definition) is 1. The quantitative estimate of drug-likeness (QED) is 0.876. The summed E-state index contributed by atoms with van der Waals surface area (Å²) < 4.78 is 38.7. The smallest absolute Gasteiger partial charge is 0.352 e. The molecule has 7 heteroatoms. The van der Waals surface area contributed by atoms with Crippen molar-refractivity contribution in [1.29, 1.82) is 5.26 Å². The summed E-state index contributed by atoms with van der Waals surface area (Å²) in [4.78, 5) is 3.53. The minimum Gasteiger partial charge on any atom is -0.352 e. The Labute approximate surface area is 121 Å². The zero-order chi connectivity index (χ0) is 14.8. The van der Waals surface area contributed by atoms with Crippen LogP contribution in [0.1, 0.15) is 11.3 Å². The van der Waals surface area contributed by atoms with Crippen LogP contribution < -0.4 is 5.32 Å². The number of hydrogen-bond acceptors (Lipinski definition) is 3. The van der Waals surface area contributed by atoms with E-state index in [1.807, 2.05) is 0 Å². The number of para-hydroxylation sites is 1. The predicted octanol–water partition coefficient (Wildman–Crippen LogP) is 4.48. The molecule has 0 aliphatic heterocycles. The molecular formula is C13H7BrF3N3. The van der Waals surface area contributed by atoms with Gasteiger partial charge in [0.05, 0.1) is 16.9 Å². The van der Waals surface area contributed by atoms with Crippen LogP contribution >= 0.6 is 15.9 Å². The lowest BCUT2D eigenvalue weighted by Crippen LogP contribution is -2.07. The highest BCUT2D eigenvalue weighted by atomic mass is 79.9. The molecule has 3 nitrogen and oxygen atoms in total. The molecular weight excluding hydrogens is 335 g/mol. The fourth-order valence-electron chi connectivity index (χ4n) is 1.51. The van der Waals surface area contributed by atoms with Gasteiger partial charge in [-0.1, -0.05) is 12.1 Å². The normalized spacial score (nSPS) is 10.9. The van der Waals surface area contributed by atoms with Gasteiger partial charge >= 0.3 is 6.18 Å². The number of anilines is 2. The maximum absolute atomic E-state index is 12.7. The van der Waals surface area contributed by atoms with E-state index in [2.05, 4.69) is 26.2 Å². The van der Waals surface area contributed by atoms with Gasteiger partial charge in [-0.25, -0.2) is 4.98 Å². The van der Waals surface area contributed by atoms with Crippen LogP contribution in [0.25, 0.3) is 0 Å². The third kappa shape index (κ3) is 3.08. The maximum Gasteiger partial charge on any atom is 0.417 e. The van der Waals surface area contributed by atoms with Crippen LogP contribution in [-0.2, 0) is 6.18 Å². The first kappa shape index (κ1) is 14.3. The summed E-state index contributed by atoms with van der Waals surface area (Å²) >= 11 is 3.27. The predicted molar refractivity (Wildman–Crippen MR) is 71.4 cm³/mol. The third-order valence-electron chi connectivity index (χ3n) is 2.46. The molecule has 2 aromatic rings. The Morgan fingerprint density at radius 1 is 1.20 bits per heavy atom. The number of nitriles is 1. The van der Waals surface area contributed by atoms with E-state index in [1.54, 1.807) is 30.3 Å². The second kappa shape index (κ2) is 5.51. The van der Waals surface area contributed by atoms with E-state index in [9.17, 15) is 13.2 Å². The van der Waals surface area contributed by atoms with Crippen LogP contribution in [0.5, 0.6) is 0 Å². The minimum absolute atomic E-state index is 0.00854. The highest BCUT2D eigenvalue weighted by Gasteiger charge is 2.31. The van der Waals surface area contributed by atoms with Crippen LogP contribution in [0.3, 0.4) is 0 Å². The molecule has 0 bridgehead atoms. The fourth-order valence-corrected chi connectivity index (χ4v) is 1.90. The van der Waals surface area contributed by atoms with Gasteiger partial charge in [-0.05, 0) is 34.1 Å². The van der Waals surface area contributed by atoms with Crippen LogP contribution in [-0.4, -0.2) is 4.98 Å². The van der Waals surface area contributed by atoms with Crippen molar-refractivity contribution < 1.29 is 13.2 Å². The number of halogens is 4. The molecule has 0 aliphatic rings. The number of alkyl halides is 3. The third-order valence-corrected chi connectivity index (χ3v) is 3.16. The van der Waals surface area contributed by atoms with Gasteiger partial charge in [-0.15, -0.1) is 0 Å². The summed E-state index contributed by atoms with van der Waals surface area (Å²) in [5.74, 6) is 0. The molecule has 0 saturated heterocycles. The molecule has 1 heterocycles. The lowest BCUT2D eigenvalue weighted by Gasteiger charge is -2.12. The SMILES string of the molecule is N#Cc1ncc(C(F)(F)F)cc1Nc1ccccc1Br. The first-order valence-electron chi connectivity index (χ1n) is 5.40. The van der Waals surface area contributed by atoms with E-state index in [0.717, 1.165) is 6.07 Å². The zero-order valence-electron chi connectivity index (χ0n) is 9.87. The van der Waals surface area contributed by atoms with Crippen LogP contribution in [0.4, 0.5) is 24.5 Å². The van der Waals surface area contributed by atoms with Gasteiger partial charge < -0.3 is 5.32 Å². The molecule has 0 radical (unpaired) electrons. The van der Waals surface area contributed by atoms with Crippen molar-refractivity contribution >= 4 is 27.3 Å². The van der Waals surface area contributed by atoms with Crippen LogP contribution in [0.15, 0.2) is 41.0 Å². The largest absolute Gasteiger partial charge is 0.417 e. The van der Waals surface area contributed by atoms with Gasteiger partial charge in [0.2, 0.25) is 0 Å². The van der Waals surface area contributed by atoms with Crippen molar-refractivity contribution in [2.75, 3.05) is 5.32 Å². The Bertz CT molecular complexity index is 677. The van der Waals surface area contributed by atoms with Crippen molar-refractivity contribution in [2.24, 2.45) is 0 Å². The molecule has 0 atom stereocenters. The van der Waals surface area contributed by atoms with Crippen molar-refractivity contribution in [2.45, 2.75) is 6.18 Å². The molecule has 2 rings (SSSR count). The van der Waals surface area contributed by atoms with Crippen molar-refractivity contribution in [3.8, 4) is 6.07 Å². The number of aromatic nitrogens is 1. The van der Waals surface area contributed by atoms with Gasteiger partial charge in [0.15, 0.2) is 5.69 Å². The summed E-state index contributed by atoms with van der Waals surface area (Å²) in [5.41, 5.74) is -0.459. The number of nitrogens with one attached hydrogen (secondary N) is 1. The Hall–Kier alpha value is -2.07. The van der Waals surface area contributed by atoms with Gasteiger partial charge in [-0.2, -0.15) is 18.4 Å². The van der Waals surface area contributed by atoms with E-state index < -0.39 is 11.7 Å². The van der Waals surface area contributed by atoms with Crippen molar-refractivity contribution in [3.63, 3.8) is 0 Å². The highest BCUT2D eigenvalue weighted by molar-refractivity contribution is 9.10. The molecule has 1 aromatic carbocycles. The van der Waals surface area contributed by atoms with E-state index in [1.165, 1.54) is 0 Å². The lowest BCUT2D eigenvalue weighted by atomic mass is 10.2. The average Bonchev–Trinajstić information content (AvgIpc) is 2.40. The standard InChI is InChI=1S/C13H7BrF3N3/c14-9-3-1-2-4-10(9)20-11-5-8(13(15,16)17)7-19-12(11)6-18/h1-5,7,20H. The molecule has 0 aliphatic carbocycles. The van der Waals surface area contributed by atoms with Crippen molar-refractivity contribution in [1.82, 2.24) is 4.98 Å². The number of nitrogens with zero attached hydrogens (tertiary/aromatic N) is 2. The Balaban J connectivity index is 2.45. The van der Waals surface area contributed by atoms with Gasteiger partial charge in [0.1, 0.15) is 6.07 Å². The second-order valence-corrected chi connectivity index (χ2v) is 4.69. The van der Waals surface area contributed by atoms with Gasteiger partial charge in [0, 0.05) is 10.7 Å². The molecule has 1 N–H and O–H groups in total. The first-order valence-corrected chi connectivity index (χ1v) is 6.20.